The molecule has 0 spiro atoms. The van der Waals surface area contributed by atoms with E-state index in [1.807, 2.05) is 0 Å². The SMILES string of the molecule is COc1ccc(Cl)cc1NC(=O)CCCn1nnc2cc(S(=O)(=O)N3CCCCC3)ccc21. The molecule has 2 heterocycles. The molecule has 0 unspecified atom stereocenters. The smallest absolute Gasteiger partial charge is 0.243 e. The van der Waals surface area contributed by atoms with E-state index in [1.165, 1.54) is 11.4 Å². The Morgan fingerprint density at radius 3 is 2.70 bits per heavy atom. The summed E-state index contributed by atoms with van der Waals surface area (Å²) in [6, 6.07) is 9.92. The minimum absolute atomic E-state index is 0.171. The average Bonchev–Trinajstić information content (AvgIpc) is 3.22. The third-order valence-corrected chi connectivity index (χ3v) is 7.78. The van der Waals surface area contributed by atoms with Crippen molar-refractivity contribution in [2.45, 2.75) is 43.5 Å². The fourth-order valence-electron chi connectivity index (χ4n) is 3.91. The van der Waals surface area contributed by atoms with E-state index in [0.29, 0.717) is 48.0 Å². The molecule has 4 rings (SSSR count). The highest BCUT2D eigenvalue weighted by atomic mass is 35.5. The lowest BCUT2D eigenvalue weighted by Crippen LogP contribution is -2.35. The van der Waals surface area contributed by atoms with E-state index in [-0.39, 0.29) is 17.2 Å². The molecular weight excluding hydrogens is 466 g/mol. The van der Waals surface area contributed by atoms with Gasteiger partial charge in [0.05, 0.1) is 23.2 Å². The first-order valence-electron chi connectivity index (χ1n) is 10.9. The maximum absolute atomic E-state index is 12.9. The van der Waals surface area contributed by atoms with Gasteiger partial charge in [0.1, 0.15) is 11.3 Å². The number of sulfonamides is 1. The Bertz CT molecular complexity index is 1250. The molecule has 1 aliphatic rings. The predicted molar refractivity (Wildman–Crippen MR) is 126 cm³/mol. The summed E-state index contributed by atoms with van der Waals surface area (Å²) in [4.78, 5) is 12.6. The number of nitrogens with one attached hydrogen (secondary N) is 1. The van der Waals surface area contributed by atoms with E-state index in [4.69, 9.17) is 16.3 Å². The van der Waals surface area contributed by atoms with Gasteiger partial charge in [-0.15, -0.1) is 5.10 Å². The van der Waals surface area contributed by atoms with Crippen LogP contribution in [0.4, 0.5) is 5.69 Å². The zero-order valence-corrected chi connectivity index (χ0v) is 19.9. The highest BCUT2D eigenvalue weighted by Gasteiger charge is 2.26. The highest BCUT2D eigenvalue weighted by molar-refractivity contribution is 7.89. The number of hydrogen-bond donors (Lipinski definition) is 1. The van der Waals surface area contributed by atoms with Gasteiger partial charge in [0, 0.05) is 31.1 Å². The second-order valence-corrected chi connectivity index (χ2v) is 10.3. The largest absolute Gasteiger partial charge is 0.495 e. The number of rotatable bonds is 8. The molecule has 1 aromatic heterocycles. The van der Waals surface area contributed by atoms with Crippen LogP contribution in [0.1, 0.15) is 32.1 Å². The number of ether oxygens (including phenoxy) is 1. The van der Waals surface area contributed by atoms with Gasteiger partial charge in [0.25, 0.3) is 0 Å². The third kappa shape index (κ3) is 5.29. The van der Waals surface area contributed by atoms with Crippen LogP contribution in [0, 0.1) is 0 Å². The van der Waals surface area contributed by atoms with E-state index in [1.54, 1.807) is 41.1 Å². The van der Waals surface area contributed by atoms with Gasteiger partial charge in [0.15, 0.2) is 0 Å². The number of nitrogens with zero attached hydrogens (tertiary/aromatic N) is 4. The van der Waals surface area contributed by atoms with Gasteiger partial charge in [-0.25, -0.2) is 13.1 Å². The zero-order chi connectivity index (χ0) is 23.4. The van der Waals surface area contributed by atoms with Gasteiger partial charge in [-0.2, -0.15) is 4.31 Å². The number of carbonyl (C=O) groups excluding carboxylic acids is 1. The fourth-order valence-corrected chi connectivity index (χ4v) is 5.62. The molecule has 9 nitrogen and oxygen atoms in total. The van der Waals surface area contributed by atoms with Gasteiger partial charge < -0.3 is 10.1 Å². The van der Waals surface area contributed by atoms with Crippen LogP contribution in [-0.4, -0.2) is 53.8 Å². The van der Waals surface area contributed by atoms with Crippen LogP contribution in [0.3, 0.4) is 0 Å². The van der Waals surface area contributed by atoms with Crippen molar-refractivity contribution in [1.29, 1.82) is 0 Å². The first-order valence-corrected chi connectivity index (χ1v) is 12.7. The average molecular weight is 492 g/mol. The lowest BCUT2D eigenvalue weighted by atomic mass is 10.2. The molecule has 1 N–H and O–H groups in total. The fraction of sp³-hybridized carbons (Fsp3) is 0.409. The summed E-state index contributed by atoms with van der Waals surface area (Å²) in [6.07, 6.45) is 3.62. The lowest BCUT2D eigenvalue weighted by molar-refractivity contribution is -0.116. The van der Waals surface area contributed by atoms with Crippen LogP contribution in [0.15, 0.2) is 41.3 Å². The molecule has 0 bridgehead atoms. The van der Waals surface area contributed by atoms with Gasteiger partial charge in [-0.3, -0.25) is 4.79 Å². The molecule has 1 amide bonds. The number of hydrogen-bond acceptors (Lipinski definition) is 6. The molecule has 1 aliphatic heterocycles. The van der Waals surface area contributed by atoms with Crippen molar-refractivity contribution in [3.63, 3.8) is 0 Å². The highest BCUT2D eigenvalue weighted by Crippen LogP contribution is 2.28. The Morgan fingerprint density at radius 1 is 1.15 bits per heavy atom. The van der Waals surface area contributed by atoms with Crippen molar-refractivity contribution in [3.8, 4) is 5.75 Å². The van der Waals surface area contributed by atoms with Crippen LogP contribution >= 0.6 is 11.6 Å². The van der Waals surface area contributed by atoms with Crippen molar-refractivity contribution in [3.05, 3.63) is 41.4 Å². The molecule has 0 atom stereocenters. The van der Waals surface area contributed by atoms with Gasteiger partial charge in [-0.05, 0) is 55.7 Å². The number of carbonyl (C=O) groups is 1. The molecule has 1 fully saturated rings. The van der Waals surface area contributed by atoms with Crippen molar-refractivity contribution in [2.24, 2.45) is 0 Å². The predicted octanol–water partition coefficient (Wildman–Crippen LogP) is 3.69. The summed E-state index contributed by atoms with van der Waals surface area (Å²) in [6.45, 7) is 1.57. The summed E-state index contributed by atoms with van der Waals surface area (Å²) in [5, 5.41) is 11.6. The Labute approximate surface area is 197 Å². The molecule has 0 saturated carbocycles. The molecule has 1 saturated heterocycles. The van der Waals surface area contributed by atoms with Crippen molar-refractivity contribution in [1.82, 2.24) is 19.3 Å². The van der Waals surface area contributed by atoms with E-state index in [0.717, 1.165) is 24.8 Å². The normalized spacial score (nSPS) is 15.0. The maximum atomic E-state index is 12.9. The van der Waals surface area contributed by atoms with Crippen LogP contribution in [0.25, 0.3) is 11.0 Å². The second-order valence-electron chi connectivity index (χ2n) is 7.92. The number of amides is 1. The van der Waals surface area contributed by atoms with Gasteiger partial charge in [0.2, 0.25) is 15.9 Å². The Balaban J connectivity index is 1.39. The molecule has 176 valence electrons. The van der Waals surface area contributed by atoms with Gasteiger partial charge in [-0.1, -0.05) is 23.2 Å². The van der Waals surface area contributed by atoms with E-state index in [9.17, 15) is 13.2 Å². The molecule has 2 aromatic carbocycles. The number of benzene rings is 2. The van der Waals surface area contributed by atoms with E-state index >= 15 is 0 Å². The molecule has 11 heteroatoms. The van der Waals surface area contributed by atoms with E-state index < -0.39 is 10.0 Å². The second kappa shape index (κ2) is 10.1. The molecular formula is C22H26ClN5O4S. The lowest BCUT2D eigenvalue weighted by Gasteiger charge is -2.25. The number of piperidine rings is 1. The Kier molecular flexibility index (Phi) is 7.16. The van der Waals surface area contributed by atoms with Crippen LogP contribution in [0.2, 0.25) is 5.02 Å². The van der Waals surface area contributed by atoms with Gasteiger partial charge >= 0.3 is 0 Å². The number of anilines is 1. The van der Waals surface area contributed by atoms with Crippen LogP contribution < -0.4 is 10.1 Å². The van der Waals surface area contributed by atoms with Crippen molar-refractivity contribution in [2.75, 3.05) is 25.5 Å². The summed E-state index contributed by atoms with van der Waals surface area (Å²) in [5.41, 5.74) is 1.76. The Hall–Kier alpha value is -2.69. The summed E-state index contributed by atoms with van der Waals surface area (Å²) in [7, 11) is -2.00. The van der Waals surface area contributed by atoms with Crippen LogP contribution in [0.5, 0.6) is 5.75 Å². The first-order chi connectivity index (χ1) is 15.9. The third-order valence-electron chi connectivity index (χ3n) is 5.65. The minimum Gasteiger partial charge on any atom is -0.495 e. The number of halogens is 1. The maximum Gasteiger partial charge on any atom is 0.243 e. The zero-order valence-electron chi connectivity index (χ0n) is 18.3. The van der Waals surface area contributed by atoms with Crippen LogP contribution in [-0.2, 0) is 21.4 Å². The molecule has 0 aliphatic carbocycles. The standard InChI is InChI=1S/C22H26ClN5O4S/c1-32-21-10-7-16(23)14-19(21)24-22(29)6-5-13-28-20-9-8-17(15-18(20)25-26-28)33(30,31)27-11-3-2-4-12-27/h7-10,14-15H,2-6,11-13H2,1H3,(H,24,29). The number of methoxy groups -OCH3 is 1. The molecule has 0 radical (unpaired) electrons. The number of aromatic nitrogens is 3. The summed E-state index contributed by atoms with van der Waals surface area (Å²) >= 11 is 6.00. The monoisotopic (exact) mass is 491 g/mol. The number of aryl methyl sites for hydroxylation is 1. The molecule has 3 aromatic rings. The van der Waals surface area contributed by atoms with E-state index in [2.05, 4.69) is 15.6 Å². The quantitative estimate of drug-likeness (QED) is 0.515. The van der Waals surface area contributed by atoms with Crippen molar-refractivity contribution < 1.29 is 17.9 Å². The number of fused-ring (bicyclic) bond motifs is 1. The summed E-state index contributed by atoms with van der Waals surface area (Å²) < 4.78 is 34.3. The Morgan fingerprint density at radius 2 is 1.94 bits per heavy atom. The first kappa shape index (κ1) is 23.5. The minimum atomic E-state index is -3.53. The summed E-state index contributed by atoms with van der Waals surface area (Å²) in [5.74, 6) is 0.361. The molecule has 33 heavy (non-hydrogen) atoms. The van der Waals surface area contributed by atoms with Crippen molar-refractivity contribution >= 4 is 44.3 Å². The topological polar surface area (TPSA) is 106 Å².